The van der Waals surface area contributed by atoms with Gasteiger partial charge in [-0.1, -0.05) is 30.3 Å². The van der Waals surface area contributed by atoms with Crippen molar-refractivity contribution in [2.45, 2.75) is 31.3 Å². The quantitative estimate of drug-likeness (QED) is 0.665. The zero-order valence-electron chi connectivity index (χ0n) is 14.4. The second-order valence-corrected chi connectivity index (χ2v) is 7.51. The van der Waals surface area contributed by atoms with Gasteiger partial charge in [0.2, 0.25) is 0 Å². The smallest absolute Gasteiger partial charge is 0.251 e. The maximum absolute atomic E-state index is 12.7. The van der Waals surface area contributed by atoms with E-state index in [2.05, 4.69) is 16.2 Å². The fourth-order valence-electron chi connectivity index (χ4n) is 4.57. The van der Waals surface area contributed by atoms with E-state index < -0.39 is 0 Å². The second kappa shape index (κ2) is 6.04. The molecule has 0 radical (unpaired) electrons. The Labute approximate surface area is 152 Å². The summed E-state index contributed by atoms with van der Waals surface area (Å²) in [5.74, 6) is 0.498. The van der Waals surface area contributed by atoms with Crippen LogP contribution in [0.5, 0.6) is 0 Å². The van der Waals surface area contributed by atoms with E-state index in [0.29, 0.717) is 23.1 Å². The Hall–Kier alpha value is -2.50. The maximum Gasteiger partial charge on any atom is 0.251 e. The van der Waals surface area contributed by atoms with E-state index >= 15 is 0 Å². The maximum atomic E-state index is 12.7. The van der Waals surface area contributed by atoms with Gasteiger partial charge in [-0.3, -0.25) is 20.4 Å². The van der Waals surface area contributed by atoms with Gasteiger partial charge in [0.05, 0.1) is 0 Å². The molecule has 0 spiro atoms. The summed E-state index contributed by atoms with van der Waals surface area (Å²) in [5.41, 5.74) is 10.3. The highest BCUT2D eigenvalue weighted by molar-refractivity contribution is 6.22. The number of ketones is 1. The van der Waals surface area contributed by atoms with Crippen molar-refractivity contribution in [2.75, 3.05) is 6.54 Å². The number of amides is 1. The molecule has 2 aromatic rings. The van der Waals surface area contributed by atoms with E-state index in [1.807, 2.05) is 36.4 Å². The lowest BCUT2D eigenvalue weighted by atomic mass is 9.83. The number of nitrogens with one attached hydrogen (secondary N) is 3. The number of carbonyl (C=O) groups excluding carboxylic acids is 2. The minimum atomic E-state index is -0.0843. The molecule has 5 nitrogen and oxygen atoms in total. The average molecular weight is 347 g/mol. The Morgan fingerprint density at radius 3 is 2.69 bits per heavy atom. The number of fused-ring (bicyclic) bond motifs is 4. The molecule has 132 valence electrons. The van der Waals surface area contributed by atoms with Crippen LogP contribution in [0.25, 0.3) is 11.1 Å². The zero-order valence-corrected chi connectivity index (χ0v) is 14.4. The Morgan fingerprint density at radius 1 is 1.00 bits per heavy atom. The van der Waals surface area contributed by atoms with Crippen LogP contribution in [0.3, 0.4) is 0 Å². The Morgan fingerprint density at radius 2 is 1.81 bits per heavy atom. The van der Waals surface area contributed by atoms with Gasteiger partial charge in [0.15, 0.2) is 5.78 Å². The first-order valence-corrected chi connectivity index (χ1v) is 9.28. The van der Waals surface area contributed by atoms with E-state index in [-0.39, 0.29) is 17.7 Å². The molecule has 2 fully saturated rings. The fraction of sp³-hybridized carbons (Fsp3) is 0.333. The number of hydrazine groups is 1. The van der Waals surface area contributed by atoms with Gasteiger partial charge >= 0.3 is 0 Å². The van der Waals surface area contributed by atoms with Crippen LogP contribution >= 0.6 is 0 Å². The van der Waals surface area contributed by atoms with E-state index in [9.17, 15) is 9.59 Å². The molecule has 1 aliphatic heterocycles. The van der Waals surface area contributed by atoms with Gasteiger partial charge in [0, 0.05) is 35.3 Å². The Kier molecular flexibility index (Phi) is 3.65. The van der Waals surface area contributed by atoms with E-state index in [1.54, 1.807) is 6.07 Å². The average Bonchev–Trinajstić information content (AvgIpc) is 3.25. The summed E-state index contributed by atoms with van der Waals surface area (Å²) in [5, 5.41) is 3.17. The van der Waals surface area contributed by atoms with Crippen molar-refractivity contribution >= 4 is 11.7 Å². The largest absolute Gasteiger partial charge is 0.349 e. The molecule has 3 aliphatic rings. The van der Waals surface area contributed by atoms with Crippen molar-refractivity contribution in [3.8, 4) is 11.1 Å². The highest BCUT2D eigenvalue weighted by Crippen LogP contribution is 2.36. The summed E-state index contributed by atoms with van der Waals surface area (Å²) in [6, 6.07) is 13.8. The van der Waals surface area contributed by atoms with Crippen molar-refractivity contribution in [1.82, 2.24) is 16.2 Å². The lowest BCUT2D eigenvalue weighted by Gasteiger charge is -2.31. The molecule has 5 rings (SSSR count). The standard InChI is InChI=1S/C21H21N3O2/c25-20-17-4-2-1-3-15(17)16-7-5-12(10-18(16)20)21(26)23-14-6-8-19-13(9-14)11-22-24-19/h1-5,7,10,13-14,19,22,24H,6,8-9,11H2,(H,23,26). The highest BCUT2D eigenvalue weighted by Gasteiger charge is 2.34. The van der Waals surface area contributed by atoms with Crippen LogP contribution in [-0.2, 0) is 0 Å². The van der Waals surface area contributed by atoms with Crippen LogP contribution in [0.1, 0.15) is 45.5 Å². The van der Waals surface area contributed by atoms with Crippen molar-refractivity contribution < 1.29 is 9.59 Å². The molecule has 1 amide bonds. The molecule has 2 aliphatic carbocycles. The van der Waals surface area contributed by atoms with Crippen molar-refractivity contribution in [2.24, 2.45) is 5.92 Å². The predicted octanol–water partition coefficient (Wildman–Crippen LogP) is 2.27. The van der Waals surface area contributed by atoms with Crippen molar-refractivity contribution in [3.05, 3.63) is 59.2 Å². The normalized spacial score (nSPS) is 26.2. The molecule has 1 heterocycles. The molecule has 3 unspecified atom stereocenters. The molecule has 5 heteroatoms. The molecule has 3 atom stereocenters. The van der Waals surface area contributed by atoms with Crippen LogP contribution in [0.4, 0.5) is 0 Å². The number of hydrogen-bond acceptors (Lipinski definition) is 4. The first kappa shape index (κ1) is 15.7. The van der Waals surface area contributed by atoms with Gasteiger partial charge < -0.3 is 5.32 Å². The summed E-state index contributed by atoms with van der Waals surface area (Å²) in [6.07, 6.45) is 3.04. The molecule has 0 aromatic heterocycles. The van der Waals surface area contributed by atoms with Crippen LogP contribution in [0, 0.1) is 5.92 Å². The van der Waals surface area contributed by atoms with Crippen molar-refractivity contribution in [3.63, 3.8) is 0 Å². The monoisotopic (exact) mass is 347 g/mol. The SMILES string of the molecule is O=C(NC1CCC2NNCC2C1)c1ccc2c(c1)C(=O)c1ccccc1-2. The molecular formula is C21H21N3O2. The van der Waals surface area contributed by atoms with E-state index in [0.717, 1.165) is 42.5 Å². The zero-order chi connectivity index (χ0) is 17.7. The van der Waals surface area contributed by atoms with Crippen LogP contribution in [0.2, 0.25) is 0 Å². The fourth-order valence-corrected chi connectivity index (χ4v) is 4.57. The summed E-state index contributed by atoms with van der Waals surface area (Å²) in [4.78, 5) is 25.4. The number of hydrogen-bond donors (Lipinski definition) is 3. The number of rotatable bonds is 2. The third-order valence-corrected chi connectivity index (χ3v) is 5.96. The molecule has 26 heavy (non-hydrogen) atoms. The van der Waals surface area contributed by atoms with Gasteiger partial charge in [-0.25, -0.2) is 0 Å². The predicted molar refractivity (Wildman–Crippen MR) is 98.8 cm³/mol. The second-order valence-electron chi connectivity index (χ2n) is 7.51. The van der Waals surface area contributed by atoms with Crippen LogP contribution in [-0.4, -0.2) is 30.3 Å². The van der Waals surface area contributed by atoms with Crippen LogP contribution < -0.4 is 16.2 Å². The van der Waals surface area contributed by atoms with E-state index in [4.69, 9.17) is 0 Å². The molecule has 3 N–H and O–H groups in total. The third-order valence-electron chi connectivity index (χ3n) is 5.96. The van der Waals surface area contributed by atoms with Gasteiger partial charge in [0.1, 0.15) is 0 Å². The van der Waals surface area contributed by atoms with Gasteiger partial charge in [-0.2, -0.15) is 0 Å². The molecule has 1 saturated carbocycles. The first-order valence-electron chi connectivity index (χ1n) is 9.28. The minimum Gasteiger partial charge on any atom is -0.349 e. The number of carbonyl (C=O) groups is 2. The third kappa shape index (κ3) is 2.47. The van der Waals surface area contributed by atoms with Crippen molar-refractivity contribution in [1.29, 1.82) is 0 Å². The molecule has 0 bridgehead atoms. The highest BCUT2D eigenvalue weighted by atomic mass is 16.1. The summed E-state index contributed by atoms with van der Waals surface area (Å²) >= 11 is 0. The topological polar surface area (TPSA) is 70.2 Å². The Bertz CT molecular complexity index is 908. The Balaban J connectivity index is 1.35. The first-order chi connectivity index (χ1) is 12.7. The lowest BCUT2D eigenvalue weighted by Crippen LogP contribution is -2.44. The molecule has 2 aromatic carbocycles. The van der Waals surface area contributed by atoms with Gasteiger partial charge in [-0.05, 0) is 48.4 Å². The van der Waals surface area contributed by atoms with Gasteiger partial charge in [0.25, 0.3) is 5.91 Å². The summed E-state index contributed by atoms with van der Waals surface area (Å²) in [6.45, 7) is 0.961. The lowest BCUT2D eigenvalue weighted by molar-refractivity contribution is 0.0918. The van der Waals surface area contributed by atoms with Gasteiger partial charge in [-0.15, -0.1) is 0 Å². The molecular weight excluding hydrogens is 326 g/mol. The molecule has 1 saturated heterocycles. The summed E-state index contributed by atoms with van der Waals surface area (Å²) in [7, 11) is 0. The van der Waals surface area contributed by atoms with Crippen LogP contribution in [0.15, 0.2) is 42.5 Å². The minimum absolute atomic E-state index is 0.00821. The summed E-state index contributed by atoms with van der Waals surface area (Å²) < 4.78 is 0. The number of benzene rings is 2. The van der Waals surface area contributed by atoms with E-state index in [1.165, 1.54) is 0 Å².